The maximum absolute atomic E-state index is 9.79. The Morgan fingerprint density at radius 1 is 1.86 bits per heavy atom. The first-order valence-electron chi connectivity index (χ1n) is 1.95. The van der Waals surface area contributed by atoms with Gasteiger partial charge in [-0.3, -0.25) is 10.5 Å². The Morgan fingerprint density at radius 2 is 2.43 bits per heavy atom. The normalized spacial score (nSPS) is 8.14. The highest BCUT2D eigenvalue weighted by atomic mass is 16.1. The Kier molecular flexibility index (Phi) is 3.41. The molecule has 0 bridgehead atoms. The van der Waals surface area contributed by atoms with Crippen LogP contribution in [-0.4, -0.2) is 26.7 Å². The average molecular weight is 96.9 g/mol. The summed E-state index contributed by atoms with van der Waals surface area (Å²) in [5, 5.41) is 2.25. The van der Waals surface area contributed by atoms with E-state index in [0.717, 1.165) is 0 Å². The van der Waals surface area contributed by atoms with Gasteiger partial charge in [0.05, 0.1) is 0 Å². The van der Waals surface area contributed by atoms with Crippen molar-refractivity contribution in [1.82, 2.24) is 11.1 Å². The van der Waals surface area contributed by atoms with Crippen LogP contribution in [0, 0.1) is 0 Å². The van der Waals surface area contributed by atoms with Gasteiger partial charge in [0, 0.05) is 13.1 Å². The number of nitrogens with one attached hydrogen (secondary N) is 2. The van der Waals surface area contributed by atoms with Crippen LogP contribution in [0.3, 0.4) is 0 Å². The third-order valence-electron chi connectivity index (χ3n) is 0.424. The molecule has 0 aliphatic heterocycles. The molecule has 0 saturated heterocycles. The molecule has 0 unspecified atom stereocenters. The summed E-state index contributed by atoms with van der Waals surface area (Å²) in [6.45, 7) is 0.526. The Balaban J connectivity index is 2.82. The van der Waals surface area contributed by atoms with Crippen LogP contribution in [0.15, 0.2) is 0 Å². The highest BCUT2D eigenvalue weighted by Gasteiger charge is 1.83. The number of carbonyl (C=O) groups is 1. The van der Waals surface area contributed by atoms with E-state index in [1.54, 1.807) is 0 Å². The third-order valence-corrected chi connectivity index (χ3v) is 0.424. The van der Waals surface area contributed by atoms with Crippen molar-refractivity contribution in [3.05, 3.63) is 0 Å². The van der Waals surface area contributed by atoms with E-state index in [0.29, 0.717) is 6.54 Å². The number of hydrogen-bond acceptors (Lipinski definition) is 1. The fourth-order valence-corrected chi connectivity index (χ4v) is 0.186. The quantitative estimate of drug-likeness (QED) is 0.448. The number of hydrogen-bond donors (Lipinski definition) is 1. The lowest BCUT2D eigenvalue weighted by molar-refractivity contribution is 0.260. The Hall–Kier alpha value is -0.505. The second-order valence-electron chi connectivity index (χ2n) is 1.04. The predicted octanol–water partition coefficient (Wildman–Crippen LogP) is -0.853. The molecular formula is C3H6BN2O. The molecule has 0 saturated carbocycles. The van der Waals surface area contributed by atoms with Crippen molar-refractivity contribution in [2.24, 2.45) is 0 Å². The zero-order valence-corrected chi connectivity index (χ0v) is 3.90. The maximum atomic E-state index is 9.79. The minimum absolute atomic E-state index is 0.183. The molecule has 0 fully saturated rings. The standard InChI is InChI=1S/C3H6BN2O/c4-3(7)6-2-1-5/h5H,1-2H2,(H,6,7). The van der Waals surface area contributed by atoms with Crippen LogP contribution < -0.4 is 11.1 Å². The second-order valence-corrected chi connectivity index (χ2v) is 1.04. The predicted molar refractivity (Wildman–Crippen MR) is 27.1 cm³/mol. The molecule has 0 aromatic rings. The number of rotatable bonds is 2. The molecule has 2 N–H and O–H groups in total. The van der Waals surface area contributed by atoms with Crippen LogP contribution in [0.1, 0.15) is 0 Å². The first kappa shape index (κ1) is 6.49. The van der Waals surface area contributed by atoms with Gasteiger partial charge in [-0.2, -0.15) is 0 Å². The summed E-state index contributed by atoms with van der Waals surface area (Å²) in [5.41, 5.74) is 6.53. The first-order valence-corrected chi connectivity index (χ1v) is 1.95. The van der Waals surface area contributed by atoms with Crippen molar-refractivity contribution in [3.8, 4) is 0 Å². The van der Waals surface area contributed by atoms with Gasteiger partial charge in [-0.05, 0) is 0 Å². The molecule has 3 nitrogen and oxygen atoms in total. The zero-order chi connectivity index (χ0) is 5.70. The fraction of sp³-hybridized carbons (Fsp3) is 0.667. The summed E-state index contributed by atoms with van der Waals surface area (Å²) in [7, 11) is 4.65. The van der Waals surface area contributed by atoms with Gasteiger partial charge in [0.25, 0.3) is 0 Å². The van der Waals surface area contributed by atoms with E-state index in [9.17, 15) is 4.79 Å². The first-order chi connectivity index (χ1) is 3.27. The molecule has 0 aliphatic carbocycles. The van der Waals surface area contributed by atoms with Crippen LogP contribution in [0.25, 0.3) is 0 Å². The molecule has 0 heterocycles. The smallest absolute Gasteiger partial charge is 0.200 e. The molecule has 7 heavy (non-hydrogen) atoms. The second kappa shape index (κ2) is 3.68. The average Bonchev–Trinajstić information content (AvgIpc) is 1.61. The molecule has 0 atom stereocenters. The SMILES string of the molecule is [B]C(=O)NCC[NH]. The van der Waals surface area contributed by atoms with E-state index in [4.69, 9.17) is 5.73 Å². The maximum Gasteiger partial charge on any atom is 0.200 e. The van der Waals surface area contributed by atoms with Crippen molar-refractivity contribution >= 4 is 13.7 Å². The molecule has 37 valence electrons. The van der Waals surface area contributed by atoms with Gasteiger partial charge in [0.1, 0.15) is 0 Å². The molecule has 0 aliphatic rings. The third kappa shape index (κ3) is 5.49. The van der Waals surface area contributed by atoms with Gasteiger partial charge in [-0.25, -0.2) is 0 Å². The van der Waals surface area contributed by atoms with Gasteiger partial charge in [-0.15, -0.1) is 0 Å². The molecule has 4 heteroatoms. The molecule has 0 aromatic heterocycles. The zero-order valence-electron chi connectivity index (χ0n) is 3.90. The van der Waals surface area contributed by atoms with Crippen molar-refractivity contribution < 1.29 is 4.79 Å². The fourth-order valence-electron chi connectivity index (χ4n) is 0.186. The van der Waals surface area contributed by atoms with E-state index in [1.807, 2.05) is 0 Å². The highest BCUT2D eigenvalue weighted by molar-refractivity contribution is 6.57. The lowest BCUT2D eigenvalue weighted by atomic mass is 10.1. The molecule has 0 rings (SSSR count). The van der Waals surface area contributed by atoms with Crippen LogP contribution >= 0.6 is 0 Å². The van der Waals surface area contributed by atoms with Crippen molar-refractivity contribution in [2.45, 2.75) is 0 Å². The number of amides is 1. The molecular weight excluding hydrogens is 90.9 g/mol. The van der Waals surface area contributed by atoms with Crippen molar-refractivity contribution in [3.63, 3.8) is 0 Å². The minimum atomic E-state index is -0.563. The molecule has 0 spiro atoms. The van der Waals surface area contributed by atoms with Crippen LogP contribution in [0.2, 0.25) is 0 Å². The Labute approximate surface area is 43.7 Å². The molecule has 0 aromatic carbocycles. The van der Waals surface area contributed by atoms with Gasteiger partial charge < -0.3 is 5.32 Å². The van der Waals surface area contributed by atoms with Crippen LogP contribution in [0.4, 0.5) is 4.79 Å². The van der Waals surface area contributed by atoms with E-state index in [2.05, 4.69) is 13.2 Å². The van der Waals surface area contributed by atoms with Crippen LogP contribution in [-0.2, 0) is 0 Å². The Bertz CT molecular complexity index is 66.0. The van der Waals surface area contributed by atoms with E-state index < -0.39 is 5.81 Å². The number of carbonyl (C=O) groups excluding carboxylic acids is 1. The summed E-state index contributed by atoms with van der Waals surface area (Å²) in [5.74, 6) is -0.563. The van der Waals surface area contributed by atoms with Gasteiger partial charge >= 0.3 is 0 Å². The lowest BCUT2D eigenvalue weighted by Gasteiger charge is -1.93. The van der Waals surface area contributed by atoms with Crippen molar-refractivity contribution in [1.29, 1.82) is 0 Å². The van der Waals surface area contributed by atoms with Crippen LogP contribution in [0.5, 0.6) is 0 Å². The monoisotopic (exact) mass is 97.1 g/mol. The van der Waals surface area contributed by atoms with Gasteiger partial charge in [0.15, 0.2) is 13.7 Å². The topological polar surface area (TPSA) is 52.9 Å². The summed E-state index contributed by atoms with van der Waals surface area (Å²) < 4.78 is 0. The summed E-state index contributed by atoms with van der Waals surface area (Å²) in [6.07, 6.45) is 0. The summed E-state index contributed by atoms with van der Waals surface area (Å²) in [4.78, 5) is 9.79. The summed E-state index contributed by atoms with van der Waals surface area (Å²) in [6, 6.07) is 0. The molecule has 1 amide bonds. The Morgan fingerprint density at radius 3 is 2.57 bits per heavy atom. The minimum Gasteiger partial charge on any atom is -0.365 e. The summed E-state index contributed by atoms with van der Waals surface area (Å²) >= 11 is 0. The van der Waals surface area contributed by atoms with E-state index in [-0.39, 0.29) is 6.54 Å². The molecule has 3 radical (unpaired) electrons. The largest absolute Gasteiger partial charge is 0.365 e. The van der Waals surface area contributed by atoms with E-state index in [1.165, 1.54) is 0 Å². The van der Waals surface area contributed by atoms with Gasteiger partial charge in [-0.1, -0.05) is 0 Å². The van der Waals surface area contributed by atoms with Crippen molar-refractivity contribution in [2.75, 3.05) is 13.1 Å². The lowest BCUT2D eigenvalue weighted by Crippen LogP contribution is -2.24. The van der Waals surface area contributed by atoms with Gasteiger partial charge in [0.2, 0.25) is 0 Å². The van der Waals surface area contributed by atoms with E-state index >= 15 is 0 Å². The highest BCUT2D eigenvalue weighted by Crippen LogP contribution is 1.55.